The van der Waals surface area contributed by atoms with Crippen LogP contribution in [0.1, 0.15) is 43.2 Å². The van der Waals surface area contributed by atoms with Gasteiger partial charge in [-0.3, -0.25) is 0 Å². The van der Waals surface area contributed by atoms with Crippen LogP contribution in [0.2, 0.25) is 0 Å². The third-order valence-electron chi connectivity index (χ3n) is 14.3. The molecule has 2 heterocycles. The van der Waals surface area contributed by atoms with E-state index >= 15 is 0 Å². The average Bonchev–Trinajstić information content (AvgIpc) is 3.86. The smallest absolute Gasteiger partial charge is 0.137 e. The summed E-state index contributed by atoms with van der Waals surface area (Å²) in [6, 6.07) is 58.7. The van der Waals surface area contributed by atoms with E-state index in [9.17, 15) is 0 Å². The first-order valence-electron chi connectivity index (χ1n) is 20.3. The van der Waals surface area contributed by atoms with Crippen molar-refractivity contribution in [2.24, 2.45) is 23.7 Å². The summed E-state index contributed by atoms with van der Waals surface area (Å²) < 4.78 is 8.94. The Morgan fingerprint density at radius 1 is 0.455 bits per heavy atom. The highest BCUT2D eigenvalue weighted by Crippen LogP contribution is 2.69. The largest absolute Gasteiger partial charge is 0.456 e. The molecule has 3 heteroatoms. The van der Waals surface area contributed by atoms with Crippen molar-refractivity contribution in [2.75, 3.05) is 4.90 Å². The number of nitrogens with zero attached hydrogens (tertiary/aromatic N) is 2. The van der Waals surface area contributed by atoms with E-state index in [4.69, 9.17) is 4.42 Å². The van der Waals surface area contributed by atoms with Crippen LogP contribution in [0.3, 0.4) is 0 Å². The molecule has 9 aromatic rings. The second kappa shape index (κ2) is 11.0. The molecule has 0 atom stereocenters. The average molecular weight is 709 g/mol. The second-order valence-corrected chi connectivity index (χ2v) is 17.0. The number of fused-ring (bicyclic) bond motifs is 9. The maximum absolute atomic E-state index is 6.54. The van der Waals surface area contributed by atoms with Gasteiger partial charge >= 0.3 is 0 Å². The van der Waals surface area contributed by atoms with Crippen LogP contribution < -0.4 is 4.90 Å². The lowest BCUT2D eigenvalue weighted by Gasteiger charge is -2.61. The maximum atomic E-state index is 6.54. The lowest BCUT2D eigenvalue weighted by atomic mass is 9.43. The molecule has 55 heavy (non-hydrogen) atoms. The molecule has 4 fully saturated rings. The minimum absolute atomic E-state index is 0.0940. The highest BCUT2D eigenvalue weighted by Gasteiger charge is 2.61. The van der Waals surface area contributed by atoms with Crippen LogP contribution in [0, 0.1) is 23.7 Å². The topological polar surface area (TPSA) is 21.3 Å². The Bertz CT molecular complexity index is 2990. The lowest BCUT2D eigenvalue weighted by Crippen LogP contribution is -2.55. The van der Waals surface area contributed by atoms with Crippen LogP contribution in [-0.4, -0.2) is 4.57 Å². The Morgan fingerprint density at radius 2 is 1.07 bits per heavy atom. The van der Waals surface area contributed by atoms with Crippen LogP contribution in [0.4, 0.5) is 17.1 Å². The van der Waals surface area contributed by atoms with Gasteiger partial charge in [-0.05, 0) is 145 Å². The number of furan rings is 1. The van der Waals surface area contributed by atoms with Crippen LogP contribution >= 0.6 is 0 Å². The van der Waals surface area contributed by atoms with E-state index in [2.05, 4.69) is 167 Å². The summed E-state index contributed by atoms with van der Waals surface area (Å²) in [5, 5.41) is 4.81. The Kier molecular flexibility index (Phi) is 6.06. The summed E-state index contributed by atoms with van der Waals surface area (Å²) in [6.07, 6.45) is 6.96. The monoisotopic (exact) mass is 708 g/mol. The van der Waals surface area contributed by atoms with Crippen molar-refractivity contribution in [1.29, 1.82) is 0 Å². The molecule has 0 saturated heterocycles. The van der Waals surface area contributed by atoms with Crippen LogP contribution in [-0.2, 0) is 5.41 Å². The van der Waals surface area contributed by atoms with Crippen LogP contribution in [0.5, 0.6) is 0 Å². The zero-order valence-corrected chi connectivity index (χ0v) is 30.7. The third-order valence-corrected chi connectivity index (χ3v) is 14.3. The molecule has 4 bridgehead atoms. The molecule has 0 radical (unpaired) electrons. The molecule has 0 unspecified atom stereocenters. The summed E-state index contributed by atoms with van der Waals surface area (Å²) in [5.74, 6) is 3.23. The molecule has 1 spiro atoms. The number of benzene rings is 7. The molecule has 0 aliphatic heterocycles. The molecule has 4 saturated carbocycles. The van der Waals surface area contributed by atoms with E-state index in [1.165, 1.54) is 76.4 Å². The molecular formula is C52H40N2O. The summed E-state index contributed by atoms with van der Waals surface area (Å²) in [7, 11) is 0. The SMILES string of the molecule is c1ccc(-n2c3ccccc3c3cc(N(c4ccc5c(c4)C4(c6ccccc6-5)C5CC6CC(C5)CC4C6)c4ccc5c(c4)oc4ccccc45)ccc32)cc1. The zero-order chi connectivity index (χ0) is 35.8. The minimum Gasteiger partial charge on any atom is -0.456 e. The highest BCUT2D eigenvalue weighted by molar-refractivity contribution is 6.11. The number of rotatable bonds is 4. The fourth-order valence-corrected chi connectivity index (χ4v) is 12.5. The molecule has 3 nitrogen and oxygen atoms in total. The van der Waals surface area contributed by atoms with E-state index in [1.54, 1.807) is 11.1 Å². The van der Waals surface area contributed by atoms with Crippen molar-refractivity contribution in [3.63, 3.8) is 0 Å². The normalized spacial score (nSPS) is 23.3. The van der Waals surface area contributed by atoms with Gasteiger partial charge in [0.2, 0.25) is 0 Å². The molecule has 264 valence electrons. The van der Waals surface area contributed by atoms with Gasteiger partial charge in [0.15, 0.2) is 0 Å². The molecular weight excluding hydrogens is 669 g/mol. The van der Waals surface area contributed by atoms with Gasteiger partial charge in [-0.25, -0.2) is 0 Å². The van der Waals surface area contributed by atoms with Gasteiger partial charge in [-0.2, -0.15) is 0 Å². The molecule has 5 aliphatic rings. The number of hydrogen-bond donors (Lipinski definition) is 0. The third kappa shape index (κ3) is 4.06. The van der Waals surface area contributed by atoms with E-state index in [0.717, 1.165) is 45.1 Å². The van der Waals surface area contributed by atoms with Gasteiger partial charge < -0.3 is 13.9 Å². The maximum Gasteiger partial charge on any atom is 0.137 e. The van der Waals surface area contributed by atoms with Gasteiger partial charge in [0.05, 0.1) is 11.0 Å². The van der Waals surface area contributed by atoms with Crippen molar-refractivity contribution in [3.05, 3.63) is 169 Å². The predicted octanol–water partition coefficient (Wildman–Crippen LogP) is 13.9. The Balaban J connectivity index is 1.06. The van der Waals surface area contributed by atoms with Crippen molar-refractivity contribution in [3.8, 4) is 16.8 Å². The lowest BCUT2D eigenvalue weighted by molar-refractivity contribution is -0.0399. The summed E-state index contributed by atoms with van der Waals surface area (Å²) >= 11 is 0. The van der Waals surface area contributed by atoms with Crippen molar-refractivity contribution < 1.29 is 4.42 Å². The number of aromatic nitrogens is 1. The first-order valence-corrected chi connectivity index (χ1v) is 20.3. The summed E-state index contributed by atoms with van der Waals surface area (Å²) in [4.78, 5) is 2.49. The van der Waals surface area contributed by atoms with E-state index in [0.29, 0.717) is 11.8 Å². The van der Waals surface area contributed by atoms with E-state index in [-0.39, 0.29) is 5.41 Å². The van der Waals surface area contributed by atoms with Gasteiger partial charge in [0.25, 0.3) is 0 Å². The fraction of sp³-hybridized carbons (Fsp3) is 0.192. The van der Waals surface area contributed by atoms with E-state index < -0.39 is 0 Å². The Hall–Kier alpha value is -6.06. The molecule has 2 aromatic heterocycles. The Morgan fingerprint density at radius 3 is 1.93 bits per heavy atom. The molecule has 14 rings (SSSR count). The number of para-hydroxylation sites is 3. The van der Waals surface area contributed by atoms with Crippen molar-refractivity contribution >= 4 is 60.8 Å². The van der Waals surface area contributed by atoms with Crippen LogP contribution in [0.25, 0.3) is 60.6 Å². The van der Waals surface area contributed by atoms with Gasteiger partial charge in [0, 0.05) is 55.8 Å². The summed E-state index contributed by atoms with van der Waals surface area (Å²) in [6.45, 7) is 0. The van der Waals surface area contributed by atoms with Gasteiger partial charge in [-0.15, -0.1) is 0 Å². The van der Waals surface area contributed by atoms with Gasteiger partial charge in [0.1, 0.15) is 11.2 Å². The highest BCUT2D eigenvalue weighted by atomic mass is 16.3. The first kappa shape index (κ1) is 30.3. The minimum atomic E-state index is 0.0940. The quantitative estimate of drug-likeness (QED) is 0.181. The second-order valence-electron chi connectivity index (χ2n) is 17.0. The standard InChI is InChI=1S/C52H40N2O/c1-2-10-36(11-3-1)54-48-16-8-5-13-42(48)45-29-37(20-23-49(45)54)53(39-19-22-44-43-14-6-9-17-50(43)55-51(44)31-39)38-18-21-41-40-12-4-7-15-46(40)52(47(41)30-38)34-25-32-24-33(27-34)28-35(52)26-32/h1-23,29-35H,24-28H2. The Labute approximate surface area is 320 Å². The number of anilines is 3. The van der Waals surface area contributed by atoms with Crippen molar-refractivity contribution in [1.82, 2.24) is 4.57 Å². The first-order chi connectivity index (χ1) is 27.2. The summed E-state index contributed by atoms with van der Waals surface area (Å²) in [5.41, 5.74) is 15.1. The van der Waals surface area contributed by atoms with Crippen molar-refractivity contribution in [2.45, 2.75) is 37.5 Å². The molecule has 0 amide bonds. The molecule has 5 aliphatic carbocycles. The molecule has 0 N–H and O–H groups in total. The number of hydrogen-bond acceptors (Lipinski definition) is 2. The fourth-order valence-electron chi connectivity index (χ4n) is 12.5. The zero-order valence-electron chi connectivity index (χ0n) is 30.7. The predicted molar refractivity (Wildman–Crippen MR) is 226 cm³/mol. The van der Waals surface area contributed by atoms with E-state index in [1.807, 2.05) is 0 Å². The van der Waals surface area contributed by atoms with Crippen LogP contribution in [0.15, 0.2) is 162 Å². The molecule has 7 aromatic carbocycles. The van der Waals surface area contributed by atoms with Gasteiger partial charge in [-0.1, -0.05) is 84.9 Å².